The van der Waals surface area contributed by atoms with Crippen molar-refractivity contribution in [3.63, 3.8) is 0 Å². The lowest BCUT2D eigenvalue weighted by molar-refractivity contribution is 0.462. The van der Waals surface area contributed by atoms with Gasteiger partial charge in [0.2, 0.25) is 0 Å². The summed E-state index contributed by atoms with van der Waals surface area (Å²) in [7, 11) is 0. The zero-order chi connectivity index (χ0) is 7.94. The summed E-state index contributed by atoms with van der Waals surface area (Å²) in [6.07, 6.45) is 2.55. The van der Waals surface area contributed by atoms with Crippen molar-refractivity contribution in [1.29, 1.82) is 0 Å². The second-order valence-electron chi connectivity index (χ2n) is 2.53. The van der Waals surface area contributed by atoms with Crippen LogP contribution in [0.2, 0.25) is 0 Å². The molecule has 0 aliphatic rings. The van der Waals surface area contributed by atoms with Crippen LogP contribution in [0.3, 0.4) is 0 Å². The fraction of sp³-hybridized carbons (Fsp3) is 0.400. The summed E-state index contributed by atoms with van der Waals surface area (Å²) in [5, 5.41) is 0. The smallest absolute Gasteiger partial charge is 0.0894 e. The van der Waals surface area contributed by atoms with Crippen molar-refractivity contribution < 1.29 is 4.39 Å². The molecule has 0 heterocycles. The Morgan fingerprint density at radius 2 is 2.18 bits per heavy atom. The Bertz CT molecular complexity index is 181. The predicted octanol–water partition coefficient (Wildman–Crippen LogP) is 2.78. The summed E-state index contributed by atoms with van der Waals surface area (Å²) in [6.45, 7) is -0.202. The zero-order valence-corrected chi connectivity index (χ0v) is 6.52. The standard InChI is InChI=1S/C10H12F/c11-9-5-4-8-10-6-2-1-3-7-10/h1-3,6H,4-5,8-9H2. The summed E-state index contributed by atoms with van der Waals surface area (Å²) in [5.74, 6) is 0. The molecule has 0 amide bonds. The van der Waals surface area contributed by atoms with Gasteiger partial charge in [-0.15, -0.1) is 0 Å². The summed E-state index contributed by atoms with van der Waals surface area (Å²) >= 11 is 0. The average Bonchev–Trinajstić information content (AvgIpc) is 2.07. The second-order valence-corrected chi connectivity index (χ2v) is 2.53. The van der Waals surface area contributed by atoms with Gasteiger partial charge in [-0.3, -0.25) is 4.39 Å². The van der Waals surface area contributed by atoms with Gasteiger partial charge in [0.1, 0.15) is 0 Å². The zero-order valence-electron chi connectivity index (χ0n) is 6.52. The van der Waals surface area contributed by atoms with Crippen LogP contribution in [0.1, 0.15) is 18.4 Å². The highest BCUT2D eigenvalue weighted by Gasteiger charge is 1.90. The van der Waals surface area contributed by atoms with Gasteiger partial charge in [-0.05, 0) is 30.9 Å². The molecule has 1 heteroatoms. The van der Waals surface area contributed by atoms with E-state index in [1.807, 2.05) is 24.3 Å². The van der Waals surface area contributed by atoms with Crippen LogP contribution in [-0.2, 0) is 6.42 Å². The number of rotatable bonds is 4. The minimum Gasteiger partial charge on any atom is -0.251 e. The molecule has 1 rings (SSSR count). The van der Waals surface area contributed by atoms with Gasteiger partial charge >= 0.3 is 0 Å². The largest absolute Gasteiger partial charge is 0.251 e. The second kappa shape index (κ2) is 4.89. The first-order chi connectivity index (χ1) is 5.43. The number of benzene rings is 1. The Labute approximate surface area is 67.1 Å². The lowest BCUT2D eigenvalue weighted by Crippen LogP contribution is -1.85. The van der Waals surface area contributed by atoms with E-state index in [4.69, 9.17) is 0 Å². The van der Waals surface area contributed by atoms with Gasteiger partial charge in [-0.25, -0.2) is 0 Å². The number of aryl methyl sites for hydroxylation is 1. The van der Waals surface area contributed by atoms with Crippen LogP contribution in [0.4, 0.5) is 4.39 Å². The minimum atomic E-state index is -0.202. The number of hydrogen-bond acceptors (Lipinski definition) is 0. The first-order valence-electron chi connectivity index (χ1n) is 3.95. The van der Waals surface area contributed by atoms with Crippen LogP contribution in [-0.4, -0.2) is 6.67 Å². The fourth-order valence-corrected chi connectivity index (χ4v) is 0.996. The third-order valence-electron chi connectivity index (χ3n) is 1.60. The molecule has 1 radical (unpaired) electrons. The van der Waals surface area contributed by atoms with Gasteiger partial charge in [-0.1, -0.05) is 24.3 Å². The number of alkyl halides is 1. The highest BCUT2D eigenvalue weighted by atomic mass is 19.1. The average molecular weight is 151 g/mol. The van der Waals surface area contributed by atoms with Crippen molar-refractivity contribution in [2.45, 2.75) is 19.3 Å². The van der Waals surface area contributed by atoms with Gasteiger partial charge in [0.15, 0.2) is 0 Å². The third-order valence-corrected chi connectivity index (χ3v) is 1.60. The maximum Gasteiger partial charge on any atom is 0.0894 e. The summed E-state index contributed by atoms with van der Waals surface area (Å²) < 4.78 is 11.7. The summed E-state index contributed by atoms with van der Waals surface area (Å²) in [6, 6.07) is 11.0. The topological polar surface area (TPSA) is 0 Å². The van der Waals surface area contributed by atoms with Crippen LogP contribution < -0.4 is 0 Å². The molecular formula is C10H12F. The highest BCUT2D eigenvalue weighted by molar-refractivity contribution is 5.12. The van der Waals surface area contributed by atoms with E-state index in [0.717, 1.165) is 12.8 Å². The minimum absolute atomic E-state index is 0.202. The van der Waals surface area contributed by atoms with E-state index in [-0.39, 0.29) is 6.67 Å². The molecular weight excluding hydrogens is 139 g/mol. The molecule has 0 spiro atoms. The van der Waals surface area contributed by atoms with E-state index in [0.29, 0.717) is 6.42 Å². The van der Waals surface area contributed by atoms with Gasteiger partial charge in [0.25, 0.3) is 0 Å². The van der Waals surface area contributed by atoms with Crippen molar-refractivity contribution in [3.8, 4) is 0 Å². The normalized spacial score (nSPS) is 9.91. The monoisotopic (exact) mass is 151 g/mol. The molecule has 0 bridgehead atoms. The molecule has 0 nitrogen and oxygen atoms in total. The summed E-state index contributed by atoms with van der Waals surface area (Å²) in [4.78, 5) is 0. The molecule has 0 saturated carbocycles. The highest BCUT2D eigenvalue weighted by Crippen LogP contribution is 2.03. The molecule has 0 aliphatic heterocycles. The van der Waals surface area contributed by atoms with Gasteiger partial charge in [0, 0.05) is 0 Å². The number of unbranched alkanes of at least 4 members (excludes halogenated alkanes) is 1. The maximum absolute atomic E-state index is 11.7. The van der Waals surface area contributed by atoms with E-state index in [9.17, 15) is 4.39 Å². The Balaban J connectivity index is 2.28. The Hall–Kier alpha value is -0.850. The van der Waals surface area contributed by atoms with Crippen LogP contribution in [0, 0.1) is 6.07 Å². The lowest BCUT2D eigenvalue weighted by Gasteiger charge is -1.96. The van der Waals surface area contributed by atoms with E-state index >= 15 is 0 Å². The van der Waals surface area contributed by atoms with Crippen molar-refractivity contribution in [3.05, 3.63) is 35.9 Å². The maximum atomic E-state index is 11.7. The van der Waals surface area contributed by atoms with Crippen molar-refractivity contribution in [2.75, 3.05) is 6.67 Å². The SMILES string of the molecule is FCCCCc1[c]cccc1. The molecule has 0 unspecified atom stereocenters. The summed E-state index contributed by atoms with van der Waals surface area (Å²) in [5.41, 5.74) is 1.18. The van der Waals surface area contributed by atoms with Crippen LogP contribution >= 0.6 is 0 Å². The van der Waals surface area contributed by atoms with Gasteiger partial charge in [0.05, 0.1) is 6.67 Å². The molecule has 0 aromatic heterocycles. The molecule has 0 fully saturated rings. The molecule has 0 saturated heterocycles. The molecule has 1 aromatic rings. The molecule has 0 N–H and O–H groups in total. The molecule has 11 heavy (non-hydrogen) atoms. The number of halogens is 1. The van der Waals surface area contributed by atoms with Crippen LogP contribution in [0.5, 0.6) is 0 Å². The van der Waals surface area contributed by atoms with Crippen molar-refractivity contribution in [1.82, 2.24) is 0 Å². The van der Waals surface area contributed by atoms with Gasteiger partial charge < -0.3 is 0 Å². The predicted molar refractivity (Wildman–Crippen MR) is 44.2 cm³/mol. The first kappa shape index (κ1) is 8.25. The number of hydrogen-bond donors (Lipinski definition) is 0. The van der Waals surface area contributed by atoms with E-state index in [1.54, 1.807) is 0 Å². The van der Waals surface area contributed by atoms with E-state index in [2.05, 4.69) is 6.07 Å². The molecule has 1 aromatic carbocycles. The van der Waals surface area contributed by atoms with Crippen LogP contribution in [0.15, 0.2) is 24.3 Å². The Morgan fingerprint density at radius 3 is 2.82 bits per heavy atom. The lowest BCUT2D eigenvalue weighted by atomic mass is 10.1. The third kappa shape index (κ3) is 3.17. The van der Waals surface area contributed by atoms with Crippen molar-refractivity contribution >= 4 is 0 Å². The quantitative estimate of drug-likeness (QED) is 0.580. The first-order valence-corrected chi connectivity index (χ1v) is 3.95. The Kier molecular flexibility index (Phi) is 3.67. The molecule has 0 atom stereocenters. The van der Waals surface area contributed by atoms with Crippen LogP contribution in [0.25, 0.3) is 0 Å². The van der Waals surface area contributed by atoms with Gasteiger partial charge in [-0.2, -0.15) is 0 Å². The van der Waals surface area contributed by atoms with E-state index < -0.39 is 0 Å². The molecule has 0 aliphatic carbocycles. The van der Waals surface area contributed by atoms with E-state index in [1.165, 1.54) is 5.56 Å². The fourth-order valence-electron chi connectivity index (χ4n) is 0.996. The Morgan fingerprint density at radius 1 is 1.27 bits per heavy atom. The van der Waals surface area contributed by atoms with Crippen molar-refractivity contribution in [2.24, 2.45) is 0 Å². The molecule has 59 valence electrons.